The van der Waals surface area contributed by atoms with E-state index in [1.54, 1.807) is 0 Å². The van der Waals surface area contributed by atoms with Gasteiger partial charge in [0.1, 0.15) is 36.6 Å². The van der Waals surface area contributed by atoms with Crippen molar-refractivity contribution in [1.82, 2.24) is 9.55 Å². The summed E-state index contributed by atoms with van der Waals surface area (Å²) in [5, 5.41) is 49.0. The largest absolute Gasteiger partial charge is 0.388 e. The van der Waals surface area contributed by atoms with Gasteiger partial charge in [0.25, 0.3) is 5.56 Å². The van der Waals surface area contributed by atoms with Gasteiger partial charge in [-0.1, -0.05) is 0 Å². The molecule has 0 aliphatic carbocycles. The van der Waals surface area contributed by atoms with E-state index in [9.17, 15) is 54.0 Å². The zero-order valence-electron chi connectivity index (χ0n) is 17.1. The predicted octanol–water partition coefficient (Wildman–Crippen LogP) is -4.04. The first kappa shape index (κ1) is 27.3. The van der Waals surface area contributed by atoms with Crippen molar-refractivity contribution < 1.29 is 63.0 Å². The summed E-state index contributed by atoms with van der Waals surface area (Å²) in [5.41, 5.74) is -1.68. The van der Waals surface area contributed by atoms with Gasteiger partial charge >= 0.3 is 20.9 Å². The van der Waals surface area contributed by atoms with E-state index in [-0.39, 0.29) is 0 Å². The molecule has 17 nitrogen and oxygen atoms in total. The molecule has 34 heavy (non-hydrogen) atoms. The number of hydrogen-bond acceptors (Lipinski definition) is 13. The second-order valence-corrected chi connectivity index (χ2v) is 11.8. The molecule has 0 bridgehead atoms. The van der Waals surface area contributed by atoms with Crippen molar-refractivity contribution in [2.75, 3.05) is 19.1 Å². The van der Waals surface area contributed by atoms with E-state index in [2.05, 4.69) is 4.52 Å². The number of aromatic nitrogens is 2. The van der Waals surface area contributed by atoms with Crippen LogP contribution in [0.2, 0.25) is 0 Å². The number of rotatable bonds is 8. The highest BCUT2D eigenvalue weighted by molar-refractivity contribution is 7.70. The van der Waals surface area contributed by atoms with Gasteiger partial charge in [-0.25, -0.2) is 4.79 Å². The number of ether oxygens (including phenoxy) is 2. The maximum Gasteiger partial charge on any atom is 0.342 e. The third-order valence-electron chi connectivity index (χ3n) is 4.98. The van der Waals surface area contributed by atoms with Crippen LogP contribution in [0, 0.1) is 0 Å². The molecule has 0 amide bonds. The summed E-state index contributed by atoms with van der Waals surface area (Å²) in [6, 6.07) is 0.959. The fourth-order valence-electron chi connectivity index (χ4n) is 3.25. The van der Waals surface area contributed by atoms with Gasteiger partial charge in [-0.2, -0.15) is 0 Å². The highest BCUT2D eigenvalue weighted by Crippen LogP contribution is 2.59. The fourth-order valence-corrected chi connectivity index (χ4v) is 6.54. The Morgan fingerprint density at radius 3 is 2.35 bits per heavy atom. The van der Waals surface area contributed by atoms with Crippen molar-refractivity contribution in [2.45, 2.75) is 49.1 Å². The first-order valence-corrected chi connectivity index (χ1v) is 13.2. The lowest BCUT2D eigenvalue weighted by atomic mass is 10.1. The predicted molar refractivity (Wildman–Crippen MR) is 107 cm³/mol. The van der Waals surface area contributed by atoms with Gasteiger partial charge in [-0.15, -0.1) is 0 Å². The van der Waals surface area contributed by atoms with Crippen molar-refractivity contribution in [3.8, 4) is 0 Å². The summed E-state index contributed by atoms with van der Waals surface area (Å²) in [7, 11) is -9.89. The van der Waals surface area contributed by atoms with Gasteiger partial charge < -0.3 is 49.3 Å². The minimum Gasteiger partial charge on any atom is -0.388 e. The number of nitrogens with zero attached hydrogens (tertiary/aromatic N) is 1. The SMILES string of the molecule is O=c1ccn([C@@H]2O[C@H](COP(=O)(O)CP(=O)(O)O[C@H]3OC[C@@H](O)[C@H](O)[C@H]3O)[C@@H](O)[C@H]2O)c(=O)[nH]1. The summed E-state index contributed by atoms with van der Waals surface area (Å²) < 4.78 is 44.7. The van der Waals surface area contributed by atoms with Gasteiger partial charge in [-0.05, 0) is 0 Å². The van der Waals surface area contributed by atoms with Crippen molar-refractivity contribution in [1.29, 1.82) is 0 Å². The Labute approximate surface area is 189 Å². The standard InChI is InChI=1S/C15H24N2O15P2/c18-6-3-29-14(12(23)9(6)20)32-34(27,28)5-33(25,26)30-4-7-10(21)11(22)13(31-7)17-2-1-8(19)16-15(17)24/h1-2,6-7,9-14,18,20-23H,3-5H2,(H,25,26)(H,27,28)(H,16,19,24)/t6-,7-,9+,10-,11-,12-,13-,14-/m1/s1. The molecule has 8 N–H and O–H groups in total. The molecular formula is C15H24N2O15P2. The van der Waals surface area contributed by atoms with Crippen molar-refractivity contribution in [2.24, 2.45) is 0 Å². The van der Waals surface area contributed by atoms with Crippen LogP contribution in [0.3, 0.4) is 0 Å². The molecule has 2 aliphatic heterocycles. The van der Waals surface area contributed by atoms with Gasteiger partial charge in [0, 0.05) is 12.3 Å². The highest BCUT2D eigenvalue weighted by Gasteiger charge is 2.47. The molecule has 2 fully saturated rings. The number of nitrogens with one attached hydrogen (secondary N) is 1. The van der Waals surface area contributed by atoms with Gasteiger partial charge in [0.05, 0.1) is 13.2 Å². The summed E-state index contributed by atoms with van der Waals surface area (Å²) in [5.74, 6) is -1.49. The molecular weight excluding hydrogens is 510 g/mol. The molecule has 3 heterocycles. The molecule has 2 saturated heterocycles. The number of hydrogen-bond donors (Lipinski definition) is 8. The topological polar surface area (TPSA) is 268 Å². The van der Waals surface area contributed by atoms with E-state index >= 15 is 0 Å². The van der Waals surface area contributed by atoms with E-state index in [1.807, 2.05) is 4.98 Å². The summed E-state index contributed by atoms with van der Waals surface area (Å²) in [6.45, 7) is -1.41. The Morgan fingerprint density at radius 2 is 1.71 bits per heavy atom. The molecule has 1 aromatic rings. The Kier molecular flexibility index (Phi) is 8.32. The van der Waals surface area contributed by atoms with Crippen LogP contribution in [-0.4, -0.2) is 107 Å². The summed E-state index contributed by atoms with van der Waals surface area (Å²) in [6.07, 6.45) is -12.4. The molecule has 1 aromatic heterocycles. The van der Waals surface area contributed by atoms with Gasteiger partial charge in [0.15, 0.2) is 18.4 Å². The number of aliphatic hydroxyl groups is 5. The minimum absolute atomic E-state index is 0.547. The average Bonchev–Trinajstić information content (AvgIpc) is 3.00. The smallest absolute Gasteiger partial charge is 0.342 e. The molecule has 3 rings (SSSR count). The maximum absolute atomic E-state index is 12.3. The highest BCUT2D eigenvalue weighted by atomic mass is 31.2. The van der Waals surface area contributed by atoms with Crippen LogP contribution >= 0.6 is 15.2 Å². The van der Waals surface area contributed by atoms with Crippen LogP contribution in [0.25, 0.3) is 0 Å². The zero-order chi connectivity index (χ0) is 25.4. The number of aliphatic hydroxyl groups excluding tert-OH is 5. The van der Waals surface area contributed by atoms with Crippen molar-refractivity contribution in [3.05, 3.63) is 33.1 Å². The number of H-pyrrole nitrogens is 1. The third kappa shape index (κ3) is 6.27. The van der Waals surface area contributed by atoms with Crippen LogP contribution in [0.5, 0.6) is 0 Å². The molecule has 10 atom stereocenters. The Morgan fingerprint density at radius 1 is 1.03 bits per heavy atom. The molecule has 0 spiro atoms. The lowest BCUT2D eigenvalue weighted by Gasteiger charge is -2.35. The Bertz CT molecular complexity index is 1080. The van der Waals surface area contributed by atoms with E-state index < -0.39 is 94.7 Å². The zero-order valence-corrected chi connectivity index (χ0v) is 18.9. The van der Waals surface area contributed by atoms with E-state index in [0.717, 1.165) is 16.8 Å². The van der Waals surface area contributed by atoms with E-state index in [1.165, 1.54) is 0 Å². The van der Waals surface area contributed by atoms with Crippen LogP contribution in [-0.2, 0) is 27.7 Å². The normalized spacial score (nSPS) is 37.7. The van der Waals surface area contributed by atoms with Crippen LogP contribution in [0.15, 0.2) is 21.9 Å². The second kappa shape index (κ2) is 10.4. The molecule has 0 saturated carbocycles. The Hall–Kier alpha value is -1.30. The lowest BCUT2D eigenvalue weighted by Crippen LogP contribution is -2.53. The molecule has 194 valence electrons. The molecule has 0 radical (unpaired) electrons. The average molecular weight is 534 g/mol. The quantitative estimate of drug-likeness (QED) is 0.148. The third-order valence-corrected chi connectivity index (χ3v) is 8.93. The Balaban J connectivity index is 1.59. The second-order valence-electron chi connectivity index (χ2n) is 7.63. The van der Waals surface area contributed by atoms with Crippen LogP contribution < -0.4 is 11.2 Å². The van der Waals surface area contributed by atoms with E-state index in [4.69, 9.17) is 14.0 Å². The molecule has 0 aromatic carbocycles. The molecule has 2 aliphatic rings. The van der Waals surface area contributed by atoms with Crippen molar-refractivity contribution in [3.63, 3.8) is 0 Å². The minimum atomic E-state index is -4.97. The summed E-state index contributed by atoms with van der Waals surface area (Å²) in [4.78, 5) is 44.8. The van der Waals surface area contributed by atoms with Gasteiger partial charge in [0.2, 0.25) is 0 Å². The lowest BCUT2D eigenvalue weighted by molar-refractivity contribution is -0.243. The monoisotopic (exact) mass is 534 g/mol. The van der Waals surface area contributed by atoms with Gasteiger partial charge in [-0.3, -0.25) is 28.0 Å². The maximum atomic E-state index is 12.3. The first-order valence-electron chi connectivity index (χ1n) is 9.66. The molecule has 2 unspecified atom stereocenters. The molecule has 19 heteroatoms. The van der Waals surface area contributed by atoms with Crippen LogP contribution in [0.4, 0.5) is 0 Å². The fraction of sp³-hybridized carbons (Fsp3) is 0.733. The summed E-state index contributed by atoms with van der Waals surface area (Å²) >= 11 is 0. The van der Waals surface area contributed by atoms with Crippen molar-refractivity contribution >= 4 is 15.2 Å². The number of aromatic amines is 1. The first-order chi connectivity index (χ1) is 15.7. The van der Waals surface area contributed by atoms with Crippen LogP contribution in [0.1, 0.15) is 6.23 Å². The van der Waals surface area contributed by atoms with E-state index in [0.29, 0.717) is 0 Å².